The molecule has 3 rings (SSSR count). The van der Waals surface area contributed by atoms with Crippen LogP contribution in [-0.2, 0) is 14.8 Å². The van der Waals surface area contributed by atoms with Gasteiger partial charge in [-0.05, 0) is 32.0 Å². The first-order valence-corrected chi connectivity index (χ1v) is 16.4. The second-order valence-corrected chi connectivity index (χ2v) is 17.1. The minimum Gasteiger partial charge on any atom is -0.360 e. The Morgan fingerprint density at radius 1 is 1.12 bits per heavy atom. The van der Waals surface area contributed by atoms with Gasteiger partial charge in [-0.3, -0.25) is 4.79 Å². The molecule has 0 atom stereocenters. The average Bonchev–Trinajstić information content (AvgIpc) is 3.10. The average molecular weight is 521 g/mol. The molecule has 0 fully saturated rings. The predicted molar refractivity (Wildman–Crippen MR) is 137 cm³/mol. The van der Waals surface area contributed by atoms with Crippen molar-refractivity contribution in [2.45, 2.75) is 44.4 Å². The largest absolute Gasteiger partial charge is 0.360 e. The van der Waals surface area contributed by atoms with Crippen LogP contribution in [0.4, 0.5) is 5.88 Å². The topological polar surface area (TPSA) is 89.7 Å². The molecule has 0 aliphatic heterocycles. The zero-order valence-electron chi connectivity index (χ0n) is 20.0. The highest BCUT2D eigenvalue weighted by Gasteiger charge is 2.32. The molecule has 10 heteroatoms. The van der Waals surface area contributed by atoms with Crippen molar-refractivity contribution in [2.24, 2.45) is 0 Å². The molecule has 0 aliphatic rings. The summed E-state index contributed by atoms with van der Waals surface area (Å²) in [5.41, 5.74) is 2.52. The van der Waals surface area contributed by atoms with E-state index in [1.165, 1.54) is 12.1 Å². The number of rotatable bonds is 10. The second kappa shape index (κ2) is 10.4. The van der Waals surface area contributed by atoms with E-state index in [4.69, 9.17) is 20.9 Å². The number of nitrogens with zero attached hydrogens (tertiary/aromatic N) is 2. The maximum Gasteiger partial charge on any atom is 0.269 e. The third-order valence-electron chi connectivity index (χ3n) is 5.44. The summed E-state index contributed by atoms with van der Waals surface area (Å²) in [5.74, 6) is 0.114. The lowest BCUT2D eigenvalue weighted by atomic mass is 10.0. The minimum absolute atomic E-state index is 0.0398. The Morgan fingerprint density at radius 3 is 2.41 bits per heavy atom. The van der Waals surface area contributed by atoms with E-state index in [1.54, 1.807) is 44.2 Å². The van der Waals surface area contributed by atoms with Crippen LogP contribution in [0.5, 0.6) is 0 Å². The summed E-state index contributed by atoms with van der Waals surface area (Å²) in [6.45, 7) is 10.4. The molecule has 182 valence electrons. The van der Waals surface area contributed by atoms with Crippen LogP contribution < -0.4 is 4.31 Å². The van der Waals surface area contributed by atoms with Crippen molar-refractivity contribution < 1.29 is 22.5 Å². The van der Waals surface area contributed by atoms with Gasteiger partial charge in [-0.2, -0.15) is 0 Å². The Labute approximate surface area is 206 Å². The lowest BCUT2D eigenvalue weighted by Crippen LogP contribution is -2.34. The zero-order valence-corrected chi connectivity index (χ0v) is 22.5. The lowest BCUT2D eigenvalue weighted by Gasteiger charge is -2.24. The first-order valence-electron chi connectivity index (χ1n) is 10.8. The molecule has 0 bridgehead atoms. The van der Waals surface area contributed by atoms with Gasteiger partial charge in [0.1, 0.15) is 13.0 Å². The monoisotopic (exact) mass is 520 g/mol. The number of hydrogen-bond acceptors (Lipinski definition) is 6. The number of hydrogen-bond donors (Lipinski definition) is 0. The summed E-state index contributed by atoms with van der Waals surface area (Å²) >= 11 is 6.42. The van der Waals surface area contributed by atoms with Crippen molar-refractivity contribution in [3.05, 3.63) is 64.3 Å². The van der Waals surface area contributed by atoms with Crippen molar-refractivity contribution in [3.63, 3.8) is 0 Å². The number of aryl methyl sites for hydroxylation is 1. The fourth-order valence-electron chi connectivity index (χ4n) is 3.25. The Kier molecular flexibility index (Phi) is 8.02. The summed E-state index contributed by atoms with van der Waals surface area (Å²) in [6.07, 6.45) is 0.687. The fourth-order valence-corrected chi connectivity index (χ4v) is 5.85. The highest BCUT2D eigenvalue weighted by Crippen LogP contribution is 2.36. The van der Waals surface area contributed by atoms with E-state index >= 15 is 0 Å². The molecule has 0 amide bonds. The van der Waals surface area contributed by atoms with Crippen molar-refractivity contribution in [3.8, 4) is 11.1 Å². The Balaban J connectivity index is 2.07. The highest BCUT2D eigenvalue weighted by atomic mass is 35.5. The van der Waals surface area contributed by atoms with Gasteiger partial charge in [0.15, 0.2) is 0 Å². The summed E-state index contributed by atoms with van der Waals surface area (Å²) < 4.78 is 40.3. The smallest absolute Gasteiger partial charge is 0.269 e. The summed E-state index contributed by atoms with van der Waals surface area (Å²) in [7, 11) is -5.49. The third kappa shape index (κ3) is 5.78. The van der Waals surface area contributed by atoms with Gasteiger partial charge in [0.2, 0.25) is 5.88 Å². The van der Waals surface area contributed by atoms with Crippen molar-refractivity contribution in [1.29, 1.82) is 0 Å². The number of ether oxygens (including phenoxy) is 1. The van der Waals surface area contributed by atoms with E-state index in [0.29, 0.717) is 40.8 Å². The van der Waals surface area contributed by atoms with Crippen molar-refractivity contribution in [2.75, 3.05) is 17.6 Å². The molecule has 1 heterocycles. The van der Waals surface area contributed by atoms with E-state index < -0.39 is 18.1 Å². The number of aldehydes is 1. The summed E-state index contributed by atoms with van der Waals surface area (Å²) in [6, 6.07) is 12.2. The second-order valence-electron chi connectivity index (χ2n) is 9.25. The van der Waals surface area contributed by atoms with Crippen LogP contribution in [0.2, 0.25) is 30.7 Å². The van der Waals surface area contributed by atoms with Crippen LogP contribution in [0.15, 0.2) is 51.9 Å². The Hall–Kier alpha value is -2.46. The Morgan fingerprint density at radius 2 is 1.82 bits per heavy atom. The molecule has 0 N–H and O–H groups in total. The normalized spacial score (nSPS) is 12.1. The van der Waals surface area contributed by atoms with E-state index in [1.807, 2.05) is 0 Å². The van der Waals surface area contributed by atoms with Crippen molar-refractivity contribution >= 4 is 41.9 Å². The van der Waals surface area contributed by atoms with Crippen LogP contribution in [-0.4, -0.2) is 41.3 Å². The van der Waals surface area contributed by atoms with Gasteiger partial charge in [0, 0.05) is 42.0 Å². The molecule has 0 radical (unpaired) electrons. The van der Waals surface area contributed by atoms with E-state index in [9.17, 15) is 13.2 Å². The van der Waals surface area contributed by atoms with E-state index in [0.717, 1.165) is 10.3 Å². The van der Waals surface area contributed by atoms with Gasteiger partial charge in [-0.25, -0.2) is 12.7 Å². The van der Waals surface area contributed by atoms with Gasteiger partial charge in [0.25, 0.3) is 10.0 Å². The van der Waals surface area contributed by atoms with E-state index in [2.05, 4.69) is 24.8 Å². The predicted octanol–water partition coefficient (Wildman–Crippen LogP) is 5.93. The Bertz CT molecular complexity index is 1280. The van der Waals surface area contributed by atoms with Gasteiger partial charge >= 0.3 is 0 Å². The molecule has 0 aliphatic carbocycles. The fraction of sp³-hybridized carbons (Fsp3) is 0.333. The molecular formula is C24H29ClN2O5SSi. The van der Waals surface area contributed by atoms with Crippen LogP contribution in [0.1, 0.15) is 21.6 Å². The molecule has 2 aromatic carbocycles. The maximum atomic E-state index is 14.0. The minimum atomic E-state index is -4.13. The summed E-state index contributed by atoms with van der Waals surface area (Å²) in [4.78, 5) is 11.2. The molecule has 3 aromatic rings. The molecule has 0 spiro atoms. The molecule has 0 saturated heterocycles. The third-order valence-corrected chi connectivity index (χ3v) is 9.22. The maximum absolute atomic E-state index is 14.0. The SMILES string of the molecule is Cc1noc(N(COCC[Si](C)(C)C)S(=O)(=O)c2ccccc2-c2ccc(C=O)cc2Cl)c1C. The quantitative estimate of drug-likeness (QED) is 0.142. The zero-order chi connectivity index (χ0) is 25.1. The van der Waals surface area contributed by atoms with Gasteiger partial charge in [0.05, 0.1) is 10.6 Å². The number of sulfonamides is 1. The number of aromatic nitrogens is 1. The van der Waals surface area contributed by atoms with E-state index in [-0.39, 0.29) is 22.5 Å². The van der Waals surface area contributed by atoms with Crippen molar-refractivity contribution in [1.82, 2.24) is 5.16 Å². The molecule has 1 aromatic heterocycles. The number of halogens is 1. The summed E-state index contributed by atoms with van der Waals surface area (Å²) in [5, 5.41) is 4.22. The molecule has 0 unspecified atom stereocenters. The molecule has 34 heavy (non-hydrogen) atoms. The first-order chi connectivity index (χ1) is 16.0. The van der Waals surface area contributed by atoms with Crippen LogP contribution >= 0.6 is 11.6 Å². The standard InChI is InChI=1S/C24H29ClN2O5SSi/c1-17-18(2)26-32-24(17)27(16-31-12-13-34(3,4)5)33(29,30)23-9-7-6-8-21(23)20-11-10-19(15-28)14-22(20)25/h6-11,14-15H,12-13,16H2,1-5H3. The number of anilines is 1. The first kappa shape index (κ1) is 26.1. The highest BCUT2D eigenvalue weighted by molar-refractivity contribution is 7.93. The van der Waals surface area contributed by atoms with Gasteiger partial charge in [-0.15, -0.1) is 0 Å². The number of benzene rings is 2. The van der Waals surface area contributed by atoms with Gasteiger partial charge < -0.3 is 9.26 Å². The number of carbonyl (C=O) groups is 1. The van der Waals surface area contributed by atoms with Crippen LogP contribution in [0.3, 0.4) is 0 Å². The lowest BCUT2D eigenvalue weighted by molar-refractivity contribution is 0.112. The number of carbonyl (C=O) groups excluding carboxylic acids is 1. The molecule has 0 saturated carbocycles. The molecule has 7 nitrogen and oxygen atoms in total. The van der Waals surface area contributed by atoms with Crippen LogP contribution in [0, 0.1) is 13.8 Å². The van der Waals surface area contributed by atoms with Gasteiger partial charge in [-0.1, -0.05) is 66.7 Å². The molecular weight excluding hydrogens is 492 g/mol. The van der Waals surface area contributed by atoms with Crippen LogP contribution in [0.25, 0.3) is 11.1 Å².